The SMILES string of the molecule is CCNC(=NCC1CCN(S(C)(=O)=O)CC1)NC1CCN(c2ccc(F)cc2F)C1.I. The summed E-state index contributed by atoms with van der Waals surface area (Å²) in [6.07, 6.45) is 3.68. The van der Waals surface area contributed by atoms with E-state index >= 15 is 0 Å². The third kappa shape index (κ3) is 7.41. The van der Waals surface area contributed by atoms with Gasteiger partial charge in [0, 0.05) is 51.4 Å². The van der Waals surface area contributed by atoms with E-state index in [1.165, 1.54) is 22.7 Å². The number of anilines is 1. The topological polar surface area (TPSA) is 77.0 Å². The van der Waals surface area contributed by atoms with Gasteiger partial charge in [-0.1, -0.05) is 0 Å². The van der Waals surface area contributed by atoms with Crippen molar-refractivity contribution >= 4 is 45.6 Å². The van der Waals surface area contributed by atoms with Gasteiger partial charge in [0.1, 0.15) is 11.6 Å². The summed E-state index contributed by atoms with van der Waals surface area (Å²) in [6.45, 7) is 5.74. The smallest absolute Gasteiger partial charge is 0.211 e. The molecule has 11 heteroatoms. The number of halogens is 3. The summed E-state index contributed by atoms with van der Waals surface area (Å²) in [5.41, 5.74) is 0.417. The molecule has 0 radical (unpaired) electrons. The molecule has 0 saturated carbocycles. The van der Waals surface area contributed by atoms with Gasteiger partial charge in [0.25, 0.3) is 0 Å². The third-order valence-electron chi connectivity index (χ3n) is 5.67. The lowest BCUT2D eigenvalue weighted by Crippen LogP contribution is -2.45. The van der Waals surface area contributed by atoms with Gasteiger partial charge in [0.2, 0.25) is 10.0 Å². The van der Waals surface area contributed by atoms with E-state index in [4.69, 9.17) is 4.99 Å². The molecule has 0 amide bonds. The highest BCUT2D eigenvalue weighted by Crippen LogP contribution is 2.24. The summed E-state index contributed by atoms with van der Waals surface area (Å²) in [7, 11) is -3.12. The lowest BCUT2D eigenvalue weighted by Gasteiger charge is -2.29. The molecule has 1 aromatic rings. The van der Waals surface area contributed by atoms with Crippen molar-refractivity contribution in [1.29, 1.82) is 0 Å². The Labute approximate surface area is 200 Å². The van der Waals surface area contributed by atoms with Crippen molar-refractivity contribution in [2.75, 3.05) is 50.4 Å². The van der Waals surface area contributed by atoms with Crippen LogP contribution < -0.4 is 15.5 Å². The number of guanidine groups is 1. The number of nitrogens with zero attached hydrogens (tertiary/aromatic N) is 3. The highest BCUT2D eigenvalue weighted by molar-refractivity contribution is 14.0. The van der Waals surface area contributed by atoms with Crippen LogP contribution in [0, 0.1) is 17.6 Å². The first kappa shape index (κ1) is 26.0. The van der Waals surface area contributed by atoms with Gasteiger partial charge in [-0.05, 0) is 44.2 Å². The molecular weight excluding hydrogens is 539 g/mol. The minimum absolute atomic E-state index is 0. The zero-order valence-corrected chi connectivity index (χ0v) is 21.1. The van der Waals surface area contributed by atoms with E-state index in [-0.39, 0.29) is 30.0 Å². The van der Waals surface area contributed by atoms with E-state index < -0.39 is 21.7 Å². The summed E-state index contributed by atoms with van der Waals surface area (Å²) in [5, 5.41) is 6.66. The number of sulfonamides is 1. The number of aliphatic imine (C=N–C) groups is 1. The minimum atomic E-state index is -3.12. The molecule has 2 saturated heterocycles. The van der Waals surface area contributed by atoms with Gasteiger partial charge >= 0.3 is 0 Å². The Kier molecular flexibility index (Phi) is 9.74. The molecule has 0 aliphatic carbocycles. The van der Waals surface area contributed by atoms with Crippen LogP contribution >= 0.6 is 24.0 Å². The second-order valence-electron chi connectivity index (χ2n) is 8.00. The third-order valence-corrected chi connectivity index (χ3v) is 6.98. The van der Waals surface area contributed by atoms with E-state index in [1.54, 1.807) is 0 Å². The number of hydrogen-bond acceptors (Lipinski definition) is 4. The quantitative estimate of drug-likeness (QED) is 0.312. The molecule has 0 bridgehead atoms. The molecule has 7 nitrogen and oxygen atoms in total. The second kappa shape index (κ2) is 11.6. The zero-order chi connectivity index (χ0) is 21.7. The first-order valence-corrected chi connectivity index (χ1v) is 12.3. The number of nitrogens with one attached hydrogen (secondary N) is 2. The fraction of sp³-hybridized carbons (Fsp3) is 0.650. The monoisotopic (exact) mass is 571 g/mol. The summed E-state index contributed by atoms with van der Waals surface area (Å²) in [5.74, 6) is -0.0490. The summed E-state index contributed by atoms with van der Waals surface area (Å²) in [4.78, 5) is 6.61. The predicted molar refractivity (Wildman–Crippen MR) is 131 cm³/mol. The predicted octanol–water partition coefficient (Wildman–Crippen LogP) is 2.39. The average molecular weight is 571 g/mol. The Morgan fingerprint density at radius 3 is 2.52 bits per heavy atom. The lowest BCUT2D eigenvalue weighted by atomic mass is 9.98. The van der Waals surface area contributed by atoms with Crippen LogP contribution in [0.15, 0.2) is 23.2 Å². The Bertz CT molecular complexity index is 863. The first-order valence-electron chi connectivity index (χ1n) is 10.5. The lowest BCUT2D eigenvalue weighted by molar-refractivity contribution is 0.280. The molecule has 2 fully saturated rings. The molecule has 31 heavy (non-hydrogen) atoms. The van der Waals surface area contributed by atoms with E-state index in [2.05, 4.69) is 10.6 Å². The van der Waals surface area contributed by atoms with Crippen LogP contribution in [-0.2, 0) is 10.0 Å². The first-order chi connectivity index (χ1) is 14.3. The average Bonchev–Trinajstić information content (AvgIpc) is 3.14. The van der Waals surface area contributed by atoms with Crippen LogP contribution in [-0.4, -0.2) is 70.2 Å². The van der Waals surface area contributed by atoms with Crippen molar-refractivity contribution in [3.63, 3.8) is 0 Å². The number of benzene rings is 1. The summed E-state index contributed by atoms with van der Waals surface area (Å²) < 4.78 is 52.0. The maximum absolute atomic E-state index is 14.1. The van der Waals surface area contributed by atoms with Gasteiger partial charge in [-0.25, -0.2) is 21.5 Å². The van der Waals surface area contributed by atoms with Crippen LogP contribution in [0.2, 0.25) is 0 Å². The Morgan fingerprint density at radius 1 is 1.19 bits per heavy atom. The largest absolute Gasteiger partial charge is 0.367 e. The van der Waals surface area contributed by atoms with Crippen molar-refractivity contribution in [2.45, 2.75) is 32.2 Å². The Morgan fingerprint density at radius 2 is 1.90 bits per heavy atom. The van der Waals surface area contributed by atoms with Gasteiger partial charge in [-0.15, -0.1) is 24.0 Å². The van der Waals surface area contributed by atoms with E-state index in [9.17, 15) is 17.2 Å². The van der Waals surface area contributed by atoms with Crippen molar-refractivity contribution in [2.24, 2.45) is 10.9 Å². The van der Waals surface area contributed by atoms with Gasteiger partial charge in [0.15, 0.2) is 5.96 Å². The van der Waals surface area contributed by atoms with Gasteiger partial charge in [-0.2, -0.15) is 0 Å². The van der Waals surface area contributed by atoms with E-state index in [0.29, 0.717) is 44.3 Å². The molecule has 176 valence electrons. The number of hydrogen-bond donors (Lipinski definition) is 2. The standard InChI is InChI=1S/C20H31F2N5O2S.HI/c1-3-23-20(24-13-15-6-10-27(11-7-15)30(2,28)29)25-17-8-9-26(14-17)19-5-4-16(21)12-18(19)22;/h4-5,12,15,17H,3,6-11,13-14H2,1-2H3,(H2,23,24,25);1H. The molecular formula is C20H32F2IN5O2S. The summed E-state index contributed by atoms with van der Waals surface area (Å²) in [6, 6.07) is 3.78. The van der Waals surface area contributed by atoms with Crippen molar-refractivity contribution in [3.8, 4) is 0 Å². The molecule has 0 spiro atoms. The summed E-state index contributed by atoms with van der Waals surface area (Å²) >= 11 is 0. The van der Waals surface area contributed by atoms with Crippen LogP contribution in [0.4, 0.5) is 14.5 Å². The molecule has 2 aliphatic heterocycles. The Balaban J connectivity index is 0.00000341. The fourth-order valence-corrected chi connectivity index (χ4v) is 4.87. The molecule has 2 heterocycles. The molecule has 1 atom stereocenters. The highest BCUT2D eigenvalue weighted by atomic mass is 127. The van der Waals surface area contributed by atoms with E-state index in [0.717, 1.165) is 37.8 Å². The Hall–Kier alpha value is -1.21. The normalized spacial score (nSPS) is 21.1. The minimum Gasteiger partial charge on any atom is -0.367 e. The zero-order valence-electron chi connectivity index (χ0n) is 18.0. The molecule has 0 aromatic heterocycles. The molecule has 1 unspecified atom stereocenters. The van der Waals surface area contributed by atoms with Crippen LogP contribution in [0.25, 0.3) is 0 Å². The van der Waals surface area contributed by atoms with Crippen molar-refractivity contribution in [1.82, 2.24) is 14.9 Å². The van der Waals surface area contributed by atoms with Crippen molar-refractivity contribution < 1.29 is 17.2 Å². The second-order valence-corrected chi connectivity index (χ2v) is 9.98. The van der Waals surface area contributed by atoms with Crippen molar-refractivity contribution in [3.05, 3.63) is 29.8 Å². The molecule has 3 rings (SSSR count). The van der Waals surface area contributed by atoms with Crippen LogP contribution in [0.5, 0.6) is 0 Å². The van der Waals surface area contributed by atoms with Gasteiger partial charge in [-0.3, -0.25) is 4.99 Å². The van der Waals surface area contributed by atoms with Gasteiger partial charge < -0.3 is 15.5 Å². The maximum atomic E-state index is 14.1. The molecule has 2 N–H and O–H groups in total. The van der Waals surface area contributed by atoms with E-state index in [1.807, 2.05) is 11.8 Å². The maximum Gasteiger partial charge on any atom is 0.211 e. The number of rotatable bonds is 6. The van der Waals surface area contributed by atoms with Gasteiger partial charge in [0.05, 0.1) is 11.9 Å². The highest BCUT2D eigenvalue weighted by Gasteiger charge is 2.27. The molecule has 1 aromatic carbocycles. The fourth-order valence-electron chi connectivity index (χ4n) is 3.99. The van der Waals surface area contributed by atoms with Crippen LogP contribution in [0.3, 0.4) is 0 Å². The number of piperidine rings is 1. The van der Waals surface area contributed by atoms with Crippen LogP contribution in [0.1, 0.15) is 26.2 Å². The molecule has 2 aliphatic rings.